The molecule has 0 aliphatic rings. The highest BCUT2D eigenvalue weighted by Gasteiger charge is 2.07. The molecule has 0 aromatic heterocycles. The van der Waals surface area contributed by atoms with Crippen LogP contribution in [0.1, 0.15) is 15.9 Å². The van der Waals surface area contributed by atoms with Gasteiger partial charge in [-0.15, -0.1) is 0 Å². The van der Waals surface area contributed by atoms with Gasteiger partial charge in [-0.25, -0.2) is 5.43 Å². The number of hydrogen-bond acceptors (Lipinski definition) is 4. The number of rotatable bonds is 5. The van der Waals surface area contributed by atoms with Crippen LogP contribution in [0.5, 0.6) is 11.5 Å². The summed E-state index contributed by atoms with van der Waals surface area (Å²) in [5, 5.41) is 3.95. The molecule has 0 saturated carbocycles. The van der Waals surface area contributed by atoms with Crippen LogP contribution in [-0.4, -0.2) is 26.3 Å². The van der Waals surface area contributed by atoms with Crippen molar-refractivity contribution in [2.24, 2.45) is 5.10 Å². The number of hydrogen-bond donors (Lipinski definition) is 1. The standard InChI is InChI=1S/C16H15IN2O3/c1-21-13-5-3-4-11(8-13)10-18-19-16(20)12-6-7-15(22-2)14(17)9-12/h3-10H,1-2H3,(H,19,20)/b18-10+. The lowest BCUT2D eigenvalue weighted by molar-refractivity contribution is 0.0955. The molecule has 0 unspecified atom stereocenters. The fourth-order valence-electron chi connectivity index (χ4n) is 1.76. The van der Waals surface area contributed by atoms with Gasteiger partial charge in [0.05, 0.1) is 24.0 Å². The maximum atomic E-state index is 12.0. The molecule has 2 aromatic rings. The summed E-state index contributed by atoms with van der Waals surface area (Å²) in [5.41, 5.74) is 3.85. The predicted molar refractivity (Wildman–Crippen MR) is 93.8 cm³/mol. The molecule has 2 aromatic carbocycles. The zero-order valence-electron chi connectivity index (χ0n) is 12.2. The zero-order valence-corrected chi connectivity index (χ0v) is 14.3. The van der Waals surface area contributed by atoms with E-state index in [1.54, 1.807) is 38.6 Å². The van der Waals surface area contributed by atoms with E-state index in [2.05, 4.69) is 33.1 Å². The van der Waals surface area contributed by atoms with Crippen molar-refractivity contribution in [2.45, 2.75) is 0 Å². The number of hydrazone groups is 1. The van der Waals surface area contributed by atoms with Gasteiger partial charge in [0.25, 0.3) is 5.91 Å². The topological polar surface area (TPSA) is 59.9 Å². The molecule has 0 bridgehead atoms. The van der Waals surface area contributed by atoms with Crippen molar-refractivity contribution in [2.75, 3.05) is 14.2 Å². The van der Waals surface area contributed by atoms with Crippen LogP contribution in [-0.2, 0) is 0 Å². The van der Waals surface area contributed by atoms with E-state index in [1.165, 1.54) is 0 Å². The number of methoxy groups -OCH3 is 2. The van der Waals surface area contributed by atoms with Gasteiger partial charge in [-0.3, -0.25) is 4.79 Å². The highest BCUT2D eigenvalue weighted by Crippen LogP contribution is 2.21. The second kappa shape index (κ2) is 7.79. The SMILES string of the molecule is COc1cccc(/C=N/NC(=O)c2ccc(OC)c(I)c2)c1. The van der Waals surface area contributed by atoms with E-state index < -0.39 is 0 Å². The summed E-state index contributed by atoms with van der Waals surface area (Å²) in [5.74, 6) is 1.19. The molecule has 1 amide bonds. The molecule has 0 aliphatic heterocycles. The van der Waals surface area contributed by atoms with Crippen molar-refractivity contribution in [3.63, 3.8) is 0 Å². The van der Waals surface area contributed by atoms with Crippen LogP contribution in [0.2, 0.25) is 0 Å². The van der Waals surface area contributed by atoms with Gasteiger partial charge in [-0.1, -0.05) is 12.1 Å². The number of carbonyl (C=O) groups is 1. The lowest BCUT2D eigenvalue weighted by Crippen LogP contribution is -2.17. The third kappa shape index (κ3) is 4.20. The maximum absolute atomic E-state index is 12.0. The van der Waals surface area contributed by atoms with E-state index >= 15 is 0 Å². The molecule has 0 heterocycles. The smallest absolute Gasteiger partial charge is 0.271 e. The van der Waals surface area contributed by atoms with Gasteiger partial charge in [-0.2, -0.15) is 5.10 Å². The van der Waals surface area contributed by atoms with E-state index in [-0.39, 0.29) is 5.91 Å². The number of nitrogens with one attached hydrogen (secondary N) is 1. The first kappa shape index (κ1) is 16.3. The van der Waals surface area contributed by atoms with E-state index in [0.717, 1.165) is 20.6 Å². The fraction of sp³-hybridized carbons (Fsp3) is 0.125. The van der Waals surface area contributed by atoms with Crippen LogP contribution in [0, 0.1) is 3.57 Å². The summed E-state index contributed by atoms with van der Waals surface area (Å²) >= 11 is 2.12. The van der Waals surface area contributed by atoms with Gasteiger partial charge in [0.15, 0.2) is 0 Å². The molecule has 0 atom stereocenters. The average molecular weight is 410 g/mol. The summed E-state index contributed by atoms with van der Waals surface area (Å²) in [6.07, 6.45) is 1.56. The quantitative estimate of drug-likeness (QED) is 0.468. The van der Waals surface area contributed by atoms with Gasteiger partial charge in [-0.05, 0) is 58.5 Å². The Hall–Kier alpha value is -2.09. The average Bonchev–Trinajstić information content (AvgIpc) is 2.54. The lowest BCUT2D eigenvalue weighted by atomic mass is 10.2. The molecule has 2 rings (SSSR count). The number of halogens is 1. The Morgan fingerprint density at radius 1 is 1.18 bits per heavy atom. The molecule has 5 nitrogen and oxygen atoms in total. The van der Waals surface area contributed by atoms with Gasteiger partial charge >= 0.3 is 0 Å². The predicted octanol–water partition coefficient (Wildman–Crippen LogP) is 3.07. The molecule has 0 radical (unpaired) electrons. The maximum Gasteiger partial charge on any atom is 0.271 e. The van der Waals surface area contributed by atoms with Crippen molar-refractivity contribution < 1.29 is 14.3 Å². The van der Waals surface area contributed by atoms with Gasteiger partial charge < -0.3 is 9.47 Å². The number of amides is 1. The molecule has 22 heavy (non-hydrogen) atoms. The largest absolute Gasteiger partial charge is 0.497 e. The van der Waals surface area contributed by atoms with Crippen molar-refractivity contribution in [3.8, 4) is 11.5 Å². The minimum atomic E-state index is -0.278. The second-order valence-electron chi connectivity index (χ2n) is 4.33. The zero-order chi connectivity index (χ0) is 15.9. The first-order valence-electron chi connectivity index (χ1n) is 6.45. The van der Waals surface area contributed by atoms with Crippen molar-refractivity contribution in [1.82, 2.24) is 5.43 Å². The molecular weight excluding hydrogens is 395 g/mol. The minimum absolute atomic E-state index is 0.278. The number of benzene rings is 2. The Morgan fingerprint density at radius 3 is 2.68 bits per heavy atom. The number of carbonyl (C=O) groups excluding carboxylic acids is 1. The molecule has 114 valence electrons. The van der Waals surface area contributed by atoms with Crippen molar-refractivity contribution >= 4 is 34.7 Å². The Labute approximate surface area is 142 Å². The molecule has 0 fully saturated rings. The third-order valence-electron chi connectivity index (χ3n) is 2.89. The minimum Gasteiger partial charge on any atom is -0.497 e. The van der Waals surface area contributed by atoms with Crippen LogP contribution in [0.25, 0.3) is 0 Å². The van der Waals surface area contributed by atoms with Gasteiger partial charge in [0, 0.05) is 5.56 Å². The summed E-state index contributed by atoms with van der Waals surface area (Å²) in [6, 6.07) is 12.6. The second-order valence-corrected chi connectivity index (χ2v) is 5.49. The Kier molecular flexibility index (Phi) is 5.76. The van der Waals surface area contributed by atoms with Crippen molar-refractivity contribution in [1.29, 1.82) is 0 Å². The Balaban J connectivity index is 2.02. The molecule has 1 N–H and O–H groups in total. The van der Waals surface area contributed by atoms with Crippen molar-refractivity contribution in [3.05, 3.63) is 57.2 Å². The van der Waals surface area contributed by atoms with Crippen LogP contribution in [0.4, 0.5) is 0 Å². The van der Waals surface area contributed by atoms with Gasteiger partial charge in [0.2, 0.25) is 0 Å². The van der Waals surface area contributed by atoms with Crippen LogP contribution >= 0.6 is 22.6 Å². The van der Waals surface area contributed by atoms with Gasteiger partial charge in [0.1, 0.15) is 11.5 Å². The normalized spacial score (nSPS) is 10.5. The van der Waals surface area contributed by atoms with E-state index in [1.807, 2.05) is 24.3 Å². The first-order valence-corrected chi connectivity index (χ1v) is 7.53. The summed E-state index contributed by atoms with van der Waals surface area (Å²) < 4.78 is 11.2. The van der Waals surface area contributed by atoms with Crippen LogP contribution < -0.4 is 14.9 Å². The highest BCUT2D eigenvalue weighted by atomic mass is 127. The molecule has 0 saturated heterocycles. The summed E-state index contributed by atoms with van der Waals surface area (Å²) in [6.45, 7) is 0. The highest BCUT2D eigenvalue weighted by molar-refractivity contribution is 14.1. The number of nitrogens with zero attached hydrogens (tertiary/aromatic N) is 1. The summed E-state index contributed by atoms with van der Waals surface area (Å²) in [4.78, 5) is 12.0. The van der Waals surface area contributed by atoms with E-state index in [0.29, 0.717) is 5.56 Å². The monoisotopic (exact) mass is 410 g/mol. The van der Waals surface area contributed by atoms with Crippen LogP contribution in [0.15, 0.2) is 47.6 Å². The van der Waals surface area contributed by atoms with E-state index in [4.69, 9.17) is 9.47 Å². The molecule has 6 heteroatoms. The fourth-order valence-corrected chi connectivity index (χ4v) is 2.49. The third-order valence-corrected chi connectivity index (χ3v) is 3.73. The lowest BCUT2D eigenvalue weighted by Gasteiger charge is -2.05. The summed E-state index contributed by atoms with van der Waals surface area (Å²) in [7, 11) is 3.19. The van der Waals surface area contributed by atoms with Crippen LogP contribution in [0.3, 0.4) is 0 Å². The Morgan fingerprint density at radius 2 is 2.00 bits per heavy atom. The Bertz CT molecular complexity index is 702. The first-order chi connectivity index (χ1) is 10.6. The van der Waals surface area contributed by atoms with E-state index in [9.17, 15) is 4.79 Å². The molecule has 0 spiro atoms. The number of ether oxygens (including phenoxy) is 2. The molecular formula is C16H15IN2O3. The molecule has 0 aliphatic carbocycles.